The molecular weight excluding hydrogens is 271 g/mol. The molecule has 0 saturated carbocycles. The van der Waals surface area contributed by atoms with Gasteiger partial charge in [-0.25, -0.2) is 4.39 Å². The molecule has 0 spiro atoms. The molecule has 0 aromatic heterocycles. The van der Waals surface area contributed by atoms with Crippen molar-refractivity contribution in [1.29, 1.82) is 5.26 Å². The first-order valence-electron chi connectivity index (χ1n) is 6.24. The summed E-state index contributed by atoms with van der Waals surface area (Å²) in [5.41, 5.74) is 2.13. The summed E-state index contributed by atoms with van der Waals surface area (Å²) in [7, 11) is 0. The van der Waals surface area contributed by atoms with Gasteiger partial charge in [-0.05, 0) is 60.5 Å². The maximum Gasteiger partial charge on any atom is 0.124 e. The van der Waals surface area contributed by atoms with Crippen molar-refractivity contribution in [2.45, 2.75) is 13.5 Å². The summed E-state index contributed by atoms with van der Waals surface area (Å²) in [6.07, 6.45) is 0. The Kier molecular flexibility index (Phi) is 4.52. The van der Waals surface area contributed by atoms with Crippen molar-refractivity contribution < 1.29 is 14.3 Å². The Hall–Kier alpha value is -2.87. The van der Waals surface area contributed by atoms with Gasteiger partial charge in [0.1, 0.15) is 18.2 Å². The van der Waals surface area contributed by atoms with Crippen molar-refractivity contribution >= 4 is 5.71 Å². The smallest absolute Gasteiger partial charge is 0.124 e. The van der Waals surface area contributed by atoms with Crippen LogP contribution in [0.1, 0.15) is 23.6 Å². The number of halogens is 1. The number of hydrogen-bond acceptors (Lipinski definition) is 4. The van der Waals surface area contributed by atoms with Crippen LogP contribution in [0.2, 0.25) is 0 Å². The van der Waals surface area contributed by atoms with E-state index in [1.165, 1.54) is 12.1 Å². The minimum absolute atomic E-state index is 0.166. The van der Waals surface area contributed by atoms with Crippen LogP contribution in [-0.2, 0) is 6.61 Å². The topological polar surface area (TPSA) is 65.6 Å². The molecule has 5 heteroatoms. The quantitative estimate of drug-likeness (QED) is 0.531. The minimum Gasteiger partial charge on any atom is -0.489 e. The summed E-state index contributed by atoms with van der Waals surface area (Å²) >= 11 is 0. The molecule has 0 aliphatic heterocycles. The van der Waals surface area contributed by atoms with Crippen LogP contribution in [0.25, 0.3) is 0 Å². The molecule has 21 heavy (non-hydrogen) atoms. The summed E-state index contributed by atoms with van der Waals surface area (Å²) in [6, 6.07) is 13.0. The van der Waals surface area contributed by atoms with Crippen LogP contribution in [-0.4, -0.2) is 10.9 Å². The Labute approximate surface area is 121 Å². The monoisotopic (exact) mass is 284 g/mol. The molecule has 0 aliphatic rings. The fourth-order valence-corrected chi connectivity index (χ4v) is 1.82. The Morgan fingerprint density at radius 1 is 1.29 bits per heavy atom. The van der Waals surface area contributed by atoms with E-state index < -0.39 is 5.82 Å². The summed E-state index contributed by atoms with van der Waals surface area (Å²) in [4.78, 5) is 0. The lowest BCUT2D eigenvalue weighted by molar-refractivity contribution is 0.305. The maximum absolute atomic E-state index is 13.3. The van der Waals surface area contributed by atoms with Gasteiger partial charge in [0.15, 0.2) is 0 Å². The van der Waals surface area contributed by atoms with Gasteiger partial charge in [0.25, 0.3) is 0 Å². The van der Waals surface area contributed by atoms with E-state index in [0.29, 0.717) is 17.0 Å². The highest BCUT2D eigenvalue weighted by Crippen LogP contribution is 2.16. The fourth-order valence-electron chi connectivity index (χ4n) is 1.82. The second-order valence-electron chi connectivity index (χ2n) is 4.46. The SMILES string of the molecule is C/C(=N/O)c1ccc(OCc2cc(F)cc(C#N)c2)cc1. The standard InChI is InChI=1S/C16H13FN2O2/c1-11(19-20)14-2-4-16(5-3-14)21-10-13-6-12(9-18)7-15(17)8-13/h2-8,20H,10H2,1H3/b19-11-. The van der Waals surface area contributed by atoms with Crippen LogP contribution in [0.4, 0.5) is 4.39 Å². The molecule has 0 atom stereocenters. The molecular formula is C16H13FN2O2. The summed E-state index contributed by atoms with van der Waals surface area (Å²) in [5.74, 6) is 0.144. The van der Waals surface area contributed by atoms with Gasteiger partial charge in [0.05, 0.1) is 17.3 Å². The van der Waals surface area contributed by atoms with E-state index in [1.807, 2.05) is 6.07 Å². The Balaban J connectivity index is 2.07. The number of ether oxygens (including phenoxy) is 1. The fraction of sp³-hybridized carbons (Fsp3) is 0.125. The molecule has 0 fully saturated rings. The number of rotatable bonds is 4. The first kappa shape index (κ1) is 14.5. The minimum atomic E-state index is -0.460. The van der Waals surface area contributed by atoms with Crippen LogP contribution in [0, 0.1) is 17.1 Å². The van der Waals surface area contributed by atoms with Gasteiger partial charge in [0.2, 0.25) is 0 Å². The van der Waals surface area contributed by atoms with Crippen LogP contribution in [0.5, 0.6) is 5.75 Å². The third-order valence-corrected chi connectivity index (χ3v) is 2.91. The molecule has 0 heterocycles. The molecule has 2 aromatic rings. The summed E-state index contributed by atoms with van der Waals surface area (Å²) in [6.45, 7) is 1.85. The Morgan fingerprint density at radius 3 is 2.62 bits per heavy atom. The lowest BCUT2D eigenvalue weighted by atomic mass is 10.1. The molecule has 0 aliphatic carbocycles. The third-order valence-electron chi connectivity index (χ3n) is 2.91. The van der Waals surface area contributed by atoms with E-state index in [0.717, 1.165) is 5.56 Å². The summed E-state index contributed by atoms with van der Waals surface area (Å²) in [5, 5.41) is 20.6. The van der Waals surface area contributed by atoms with Crippen LogP contribution in [0.15, 0.2) is 47.6 Å². The largest absolute Gasteiger partial charge is 0.489 e. The highest BCUT2D eigenvalue weighted by atomic mass is 19.1. The lowest BCUT2D eigenvalue weighted by Gasteiger charge is -2.07. The Bertz CT molecular complexity index is 703. The average Bonchev–Trinajstić information content (AvgIpc) is 2.52. The molecule has 4 nitrogen and oxygen atoms in total. The normalized spacial score (nSPS) is 11.0. The van der Waals surface area contributed by atoms with E-state index in [-0.39, 0.29) is 12.2 Å². The number of hydrogen-bond donors (Lipinski definition) is 1. The molecule has 0 unspecified atom stereocenters. The second-order valence-corrected chi connectivity index (χ2v) is 4.46. The highest BCUT2D eigenvalue weighted by Gasteiger charge is 2.03. The summed E-state index contributed by atoms with van der Waals surface area (Å²) < 4.78 is 18.8. The van der Waals surface area contributed by atoms with Gasteiger partial charge in [-0.2, -0.15) is 5.26 Å². The van der Waals surface area contributed by atoms with Crippen molar-refractivity contribution in [3.63, 3.8) is 0 Å². The average molecular weight is 284 g/mol. The molecule has 0 saturated heterocycles. The molecule has 0 radical (unpaired) electrons. The lowest BCUT2D eigenvalue weighted by Crippen LogP contribution is -1.98. The number of oxime groups is 1. The van der Waals surface area contributed by atoms with E-state index in [9.17, 15) is 4.39 Å². The van der Waals surface area contributed by atoms with Crippen molar-refractivity contribution in [3.8, 4) is 11.8 Å². The molecule has 1 N–H and O–H groups in total. The van der Waals surface area contributed by atoms with Gasteiger partial charge in [0, 0.05) is 0 Å². The van der Waals surface area contributed by atoms with Crippen LogP contribution < -0.4 is 4.74 Å². The zero-order chi connectivity index (χ0) is 15.2. The Morgan fingerprint density at radius 2 is 2.00 bits per heavy atom. The van der Waals surface area contributed by atoms with Gasteiger partial charge < -0.3 is 9.94 Å². The van der Waals surface area contributed by atoms with Crippen LogP contribution >= 0.6 is 0 Å². The molecule has 2 aromatic carbocycles. The maximum atomic E-state index is 13.3. The van der Waals surface area contributed by atoms with Crippen molar-refractivity contribution in [2.24, 2.45) is 5.16 Å². The van der Waals surface area contributed by atoms with Gasteiger partial charge in [-0.3, -0.25) is 0 Å². The molecule has 0 amide bonds. The first-order chi connectivity index (χ1) is 10.1. The van der Waals surface area contributed by atoms with Crippen LogP contribution in [0.3, 0.4) is 0 Å². The van der Waals surface area contributed by atoms with E-state index in [4.69, 9.17) is 15.2 Å². The third kappa shape index (κ3) is 3.80. The molecule has 2 rings (SSSR count). The predicted octanol–water partition coefficient (Wildman–Crippen LogP) is 3.47. The van der Waals surface area contributed by atoms with E-state index in [1.54, 1.807) is 37.3 Å². The number of nitriles is 1. The zero-order valence-electron chi connectivity index (χ0n) is 11.4. The number of nitrogens with zero attached hydrogens (tertiary/aromatic N) is 2. The van der Waals surface area contributed by atoms with E-state index in [2.05, 4.69) is 5.16 Å². The van der Waals surface area contributed by atoms with Crippen molar-refractivity contribution in [3.05, 3.63) is 65.0 Å². The molecule has 106 valence electrons. The zero-order valence-corrected chi connectivity index (χ0v) is 11.4. The van der Waals surface area contributed by atoms with Gasteiger partial charge in [-0.15, -0.1) is 0 Å². The number of benzene rings is 2. The molecule has 0 bridgehead atoms. The van der Waals surface area contributed by atoms with Gasteiger partial charge in [-0.1, -0.05) is 5.16 Å². The predicted molar refractivity (Wildman–Crippen MR) is 75.9 cm³/mol. The van der Waals surface area contributed by atoms with Gasteiger partial charge >= 0.3 is 0 Å². The highest BCUT2D eigenvalue weighted by molar-refractivity contribution is 5.98. The van der Waals surface area contributed by atoms with Crippen molar-refractivity contribution in [1.82, 2.24) is 0 Å². The second kappa shape index (κ2) is 6.53. The van der Waals surface area contributed by atoms with E-state index >= 15 is 0 Å². The first-order valence-corrected chi connectivity index (χ1v) is 6.24. The van der Waals surface area contributed by atoms with Crippen molar-refractivity contribution in [2.75, 3.05) is 0 Å².